The van der Waals surface area contributed by atoms with Gasteiger partial charge in [0.2, 0.25) is 0 Å². The normalized spacial score (nSPS) is 10.6. The van der Waals surface area contributed by atoms with Gasteiger partial charge in [-0.05, 0) is 12.5 Å². The molecule has 0 bridgehead atoms. The molecular weight excluding hydrogens is 198 g/mol. The Kier molecular flexibility index (Phi) is 3.37. The van der Waals surface area contributed by atoms with Crippen molar-refractivity contribution in [1.29, 1.82) is 0 Å². The highest BCUT2D eigenvalue weighted by Gasteiger charge is 2.07. The van der Waals surface area contributed by atoms with Crippen molar-refractivity contribution in [1.82, 2.24) is 9.55 Å². The number of benzene rings is 1. The molecule has 84 valence electrons. The fourth-order valence-electron chi connectivity index (χ4n) is 1.92. The Morgan fingerprint density at radius 2 is 2.00 bits per heavy atom. The van der Waals surface area contributed by atoms with Crippen molar-refractivity contribution in [3.8, 4) is 0 Å². The number of aromatic nitrogens is 2. The summed E-state index contributed by atoms with van der Waals surface area (Å²) < 4.78 is 2.19. The Labute approximate surface area is 95.9 Å². The molecule has 0 unspecified atom stereocenters. The average molecular weight is 215 g/mol. The van der Waals surface area contributed by atoms with Gasteiger partial charge in [0, 0.05) is 25.7 Å². The lowest BCUT2D eigenvalue weighted by atomic mass is 10.1. The summed E-state index contributed by atoms with van der Waals surface area (Å²) in [6.45, 7) is 3.60. The quantitative estimate of drug-likeness (QED) is 0.847. The van der Waals surface area contributed by atoms with Crippen LogP contribution in [-0.2, 0) is 19.5 Å². The molecule has 0 fully saturated rings. The molecule has 0 aliphatic heterocycles. The molecular formula is C13H17N3. The minimum absolute atomic E-state index is 0.551. The maximum atomic E-state index is 5.67. The van der Waals surface area contributed by atoms with Gasteiger partial charge in [0.1, 0.15) is 5.82 Å². The molecule has 3 nitrogen and oxygen atoms in total. The average Bonchev–Trinajstić information content (AvgIpc) is 2.72. The largest absolute Gasteiger partial charge is 0.331 e. The van der Waals surface area contributed by atoms with Crippen molar-refractivity contribution in [3.05, 3.63) is 53.6 Å². The third-order valence-electron chi connectivity index (χ3n) is 2.75. The van der Waals surface area contributed by atoms with E-state index in [1.165, 1.54) is 5.56 Å². The predicted molar refractivity (Wildman–Crippen MR) is 65.0 cm³/mol. The highest BCUT2D eigenvalue weighted by molar-refractivity contribution is 5.20. The second kappa shape index (κ2) is 4.94. The third kappa shape index (κ3) is 2.14. The van der Waals surface area contributed by atoms with Crippen LogP contribution >= 0.6 is 0 Å². The number of nitrogens with zero attached hydrogens (tertiary/aromatic N) is 2. The first kappa shape index (κ1) is 10.9. The van der Waals surface area contributed by atoms with Crippen molar-refractivity contribution < 1.29 is 0 Å². The Morgan fingerprint density at radius 3 is 2.62 bits per heavy atom. The van der Waals surface area contributed by atoms with Gasteiger partial charge in [-0.1, -0.05) is 30.3 Å². The molecule has 0 spiro atoms. The van der Waals surface area contributed by atoms with Gasteiger partial charge < -0.3 is 10.3 Å². The molecule has 1 heterocycles. The molecule has 1 aromatic heterocycles. The fraction of sp³-hybridized carbons (Fsp3) is 0.308. The fourth-order valence-corrected chi connectivity index (χ4v) is 1.92. The summed E-state index contributed by atoms with van der Waals surface area (Å²) >= 11 is 0. The molecule has 3 heteroatoms. The van der Waals surface area contributed by atoms with Gasteiger partial charge in [0.25, 0.3) is 0 Å². The van der Waals surface area contributed by atoms with E-state index in [9.17, 15) is 0 Å². The molecule has 2 rings (SSSR count). The molecule has 0 radical (unpaired) electrons. The molecule has 0 atom stereocenters. The van der Waals surface area contributed by atoms with Crippen LogP contribution in [0.3, 0.4) is 0 Å². The lowest BCUT2D eigenvalue weighted by Gasteiger charge is -2.08. The predicted octanol–water partition coefficient (Wildman–Crippen LogP) is 1.95. The molecule has 1 aromatic carbocycles. The second-order valence-electron chi connectivity index (χ2n) is 3.78. The van der Waals surface area contributed by atoms with Crippen LogP contribution in [0.4, 0.5) is 0 Å². The van der Waals surface area contributed by atoms with Gasteiger partial charge in [-0.2, -0.15) is 0 Å². The Balaban J connectivity index is 2.25. The van der Waals surface area contributed by atoms with Gasteiger partial charge >= 0.3 is 0 Å². The summed E-state index contributed by atoms with van der Waals surface area (Å²) in [6, 6.07) is 10.4. The first-order valence-electron chi connectivity index (χ1n) is 5.62. The van der Waals surface area contributed by atoms with Crippen LogP contribution < -0.4 is 5.73 Å². The summed E-state index contributed by atoms with van der Waals surface area (Å²) in [6.07, 6.45) is 2.75. The molecule has 0 saturated carbocycles. The van der Waals surface area contributed by atoms with Crippen LogP contribution in [0, 0.1) is 0 Å². The Hall–Kier alpha value is -1.61. The number of rotatable bonds is 4. The van der Waals surface area contributed by atoms with Crippen molar-refractivity contribution in [2.75, 3.05) is 0 Å². The van der Waals surface area contributed by atoms with Crippen LogP contribution in [0.15, 0.2) is 36.5 Å². The smallest absolute Gasteiger partial charge is 0.113 e. The molecule has 16 heavy (non-hydrogen) atoms. The van der Waals surface area contributed by atoms with E-state index in [1.54, 1.807) is 0 Å². The van der Waals surface area contributed by atoms with Crippen molar-refractivity contribution in [2.24, 2.45) is 5.73 Å². The number of nitrogens with two attached hydrogens (primary N) is 1. The van der Waals surface area contributed by atoms with Crippen LogP contribution in [0.1, 0.15) is 24.0 Å². The standard InChI is InChI=1S/C13H17N3/c1-2-16-12(9-14)10-15-13(16)8-11-6-4-3-5-7-11/h3-7,10H,2,8-9,14H2,1H3. The van der Waals surface area contributed by atoms with Gasteiger partial charge in [0.15, 0.2) is 0 Å². The molecule has 2 N–H and O–H groups in total. The molecule has 0 saturated heterocycles. The van der Waals surface area contributed by atoms with Gasteiger partial charge in [0.05, 0.1) is 5.69 Å². The van der Waals surface area contributed by atoms with Crippen LogP contribution in [0.5, 0.6) is 0 Å². The Bertz CT molecular complexity index is 445. The summed E-state index contributed by atoms with van der Waals surface area (Å²) in [7, 11) is 0. The van der Waals surface area contributed by atoms with Gasteiger partial charge in [-0.3, -0.25) is 0 Å². The number of hydrogen-bond donors (Lipinski definition) is 1. The zero-order valence-corrected chi connectivity index (χ0v) is 9.56. The van der Waals surface area contributed by atoms with E-state index in [1.807, 2.05) is 12.3 Å². The third-order valence-corrected chi connectivity index (χ3v) is 2.75. The number of hydrogen-bond acceptors (Lipinski definition) is 2. The van der Waals surface area contributed by atoms with E-state index in [0.717, 1.165) is 24.5 Å². The highest BCUT2D eigenvalue weighted by Crippen LogP contribution is 2.10. The number of imidazole rings is 1. The van der Waals surface area contributed by atoms with E-state index in [4.69, 9.17) is 5.73 Å². The monoisotopic (exact) mass is 215 g/mol. The zero-order valence-electron chi connectivity index (χ0n) is 9.56. The van der Waals surface area contributed by atoms with E-state index in [-0.39, 0.29) is 0 Å². The van der Waals surface area contributed by atoms with E-state index < -0.39 is 0 Å². The zero-order chi connectivity index (χ0) is 11.4. The maximum Gasteiger partial charge on any atom is 0.113 e. The maximum absolute atomic E-state index is 5.67. The van der Waals surface area contributed by atoms with Crippen LogP contribution in [0.2, 0.25) is 0 Å². The minimum atomic E-state index is 0.551. The SMILES string of the molecule is CCn1c(CN)cnc1Cc1ccccc1. The van der Waals surface area contributed by atoms with Gasteiger partial charge in [-0.15, -0.1) is 0 Å². The molecule has 0 aliphatic rings. The first-order chi connectivity index (χ1) is 7.85. The topological polar surface area (TPSA) is 43.8 Å². The Morgan fingerprint density at radius 1 is 1.25 bits per heavy atom. The van der Waals surface area contributed by atoms with Crippen molar-refractivity contribution in [2.45, 2.75) is 26.4 Å². The lowest BCUT2D eigenvalue weighted by Crippen LogP contribution is -2.09. The van der Waals surface area contributed by atoms with E-state index in [2.05, 4.69) is 40.7 Å². The lowest BCUT2D eigenvalue weighted by molar-refractivity contribution is 0.674. The second-order valence-corrected chi connectivity index (χ2v) is 3.78. The molecule has 0 amide bonds. The van der Waals surface area contributed by atoms with Crippen molar-refractivity contribution >= 4 is 0 Å². The highest BCUT2D eigenvalue weighted by atomic mass is 15.1. The van der Waals surface area contributed by atoms with E-state index in [0.29, 0.717) is 6.54 Å². The van der Waals surface area contributed by atoms with E-state index >= 15 is 0 Å². The molecule has 2 aromatic rings. The first-order valence-corrected chi connectivity index (χ1v) is 5.62. The van der Waals surface area contributed by atoms with Gasteiger partial charge in [-0.25, -0.2) is 4.98 Å². The summed E-state index contributed by atoms with van der Waals surface area (Å²) in [5.74, 6) is 1.09. The summed E-state index contributed by atoms with van der Waals surface area (Å²) in [4.78, 5) is 4.44. The summed E-state index contributed by atoms with van der Waals surface area (Å²) in [5, 5.41) is 0. The van der Waals surface area contributed by atoms with Crippen LogP contribution in [0.25, 0.3) is 0 Å². The van der Waals surface area contributed by atoms with Crippen molar-refractivity contribution in [3.63, 3.8) is 0 Å². The molecule has 0 aliphatic carbocycles. The summed E-state index contributed by atoms with van der Waals surface area (Å²) in [5.41, 5.74) is 8.06. The minimum Gasteiger partial charge on any atom is -0.331 e. The van der Waals surface area contributed by atoms with Crippen LogP contribution in [-0.4, -0.2) is 9.55 Å².